The summed E-state index contributed by atoms with van der Waals surface area (Å²) < 4.78 is 0. The summed E-state index contributed by atoms with van der Waals surface area (Å²) in [6.07, 6.45) is 0. The first-order valence-electron chi connectivity index (χ1n) is 6.94. The Morgan fingerprint density at radius 2 is 1.76 bits per heavy atom. The number of carbonyl (C=O) groups is 1. The summed E-state index contributed by atoms with van der Waals surface area (Å²) in [6.45, 7) is 3.01. The number of rotatable bonds is 6. The van der Waals surface area contributed by atoms with Crippen molar-refractivity contribution >= 4 is 17.5 Å². The molecule has 3 nitrogen and oxygen atoms in total. The minimum Gasteiger partial charge on any atom is -0.351 e. The number of carbonyl (C=O) groups excluding carboxylic acids is 1. The quantitative estimate of drug-likeness (QED) is 0.861. The van der Waals surface area contributed by atoms with Gasteiger partial charge in [-0.1, -0.05) is 54.1 Å². The SMILES string of the molecule is CC(NCc1cccc(Cl)c1)C(=O)NCc1ccccc1. The molecule has 2 N–H and O–H groups in total. The van der Waals surface area contributed by atoms with Crippen molar-refractivity contribution in [3.63, 3.8) is 0 Å². The van der Waals surface area contributed by atoms with Crippen LogP contribution in [0.4, 0.5) is 0 Å². The lowest BCUT2D eigenvalue weighted by Crippen LogP contribution is -2.41. The van der Waals surface area contributed by atoms with E-state index in [4.69, 9.17) is 11.6 Å². The van der Waals surface area contributed by atoms with Crippen molar-refractivity contribution < 1.29 is 4.79 Å². The summed E-state index contributed by atoms with van der Waals surface area (Å²) in [4.78, 5) is 12.0. The highest BCUT2D eigenvalue weighted by molar-refractivity contribution is 6.30. The first-order chi connectivity index (χ1) is 10.1. The normalized spacial score (nSPS) is 11.9. The van der Waals surface area contributed by atoms with Crippen molar-refractivity contribution in [2.45, 2.75) is 26.1 Å². The van der Waals surface area contributed by atoms with Gasteiger partial charge in [0.1, 0.15) is 0 Å². The highest BCUT2D eigenvalue weighted by Crippen LogP contribution is 2.10. The van der Waals surface area contributed by atoms with E-state index in [-0.39, 0.29) is 11.9 Å². The fraction of sp³-hybridized carbons (Fsp3) is 0.235. The average Bonchev–Trinajstić information content (AvgIpc) is 2.51. The maximum Gasteiger partial charge on any atom is 0.237 e. The van der Waals surface area contributed by atoms with Crippen LogP contribution < -0.4 is 10.6 Å². The van der Waals surface area contributed by atoms with Gasteiger partial charge in [-0.3, -0.25) is 4.79 Å². The van der Waals surface area contributed by atoms with Gasteiger partial charge in [0, 0.05) is 18.1 Å². The summed E-state index contributed by atoms with van der Waals surface area (Å²) in [5.41, 5.74) is 2.15. The fourth-order valence-corrected chi connectivity index (χ4v) is 2.16. The Hall–Kier alpha value is -1.84. The molecule has 1 unspecified atom stereocenters. The van der Waals surface area contributed by atoms with Gasteiger partial charge in [-0.15, -0.1) is 0 Å². The highest BCUT2D eigenvalue weighted by Gasteiger charge is 2.11. The molecule has 110 valence electrons. The summed E-state index contributed by atoms with van der Waals surface area (Å²) in [7, 11) is 0. The Kier molecular flexibility index (Phi) is 5.78. The standard InChI is InChI=1S/C17H19ClN2O/c1-13(19-12-15-8-5-9-16(18)10-15)17(21)20-11-14-6-3-2-4-7-14/h2-10,13,19H,11-12H2,1H3,(H,20,21). The van der Waals surface area contributed by atoms with Crippen LogP contribution in [0.3, 0.4) is 0 Å². The van der Waals surface area contributed by atoms with Gasteiger partial charge in [0.2, 0.25) is 5.91 Å². The Morgan fingerprint density at radius 3 is 2.48 bits per heavy atom. The minimum atomic E-state index is -0.257. The van der Waals surface area contributed by atoms with E-state index in [1.165, 1.54) is 0 Å². The van der Waals surface area contributed by atoms with Crippen LogP contribution in [-0.4, -0.2) is 11.9 Å². The molecule has 0 aromatic heterocycles. The Morgan fingerprint density at radius 1 is 1.05 bits per heavy atom. The Balaban J connectivity index is 1.77. The van der Waals surface area contributed by atoms with Gasteiger partial charge in [0.05, 0.1) is 6.04 Å². The van der Waals surface area contributed by atoms with Crippen LogP contribution in [0.2, 0.25) is 5.02 Å². The van der Waals surface area contributed by atoms with Crippen molar-refractivity contribution in [3.05, 3.63) is 70.7 Å². The second-order valence-electron chi connectivity index (χ2n) is 4.94. The van der Waals surface area contributed by atoms with E-state index in [0.29, 0.717) is 18.1 Å². The number of hydrogen-bond acceptors (Lipinski definition) is 2. The van der Waals surface area contributed by atoms with E-state index in [9.17, 15) is 4.79 Å². The van der Waals surface area contributed by atoms with Gasteiger partial charge in [-0.05, 0) is 30.2 Å². The number of benzene rings is 2. The predicted octanol–water partition coefficient (Wildman–Crippen LogP) is 3.13. The van der Waals surface area contributed by atoms with E-state index in [1.807, 2.05) is 61.5 Å². The molecule has 4 heteroatoms. The molecular weight excluding hydrogens is 284 g/mol. The third kappa shape index (κ3) is 5.21. The molecule has 0 fully saturated rings. The lowest BCUT2D eigenvalue weighted by Gasteiger charge is -2.14. The lowest BCUT2D eigenvalue weighted by atomic mass is 10.2. The van der Waals surface area contributed by atoms with E-state index >= 15 is 0 Å². The van der Waals surface area contributed by atoms with Crippen LogP contribution in [0, 0.1) is 0 Å². The van der Waals surface area contributed by atoms with Crippen molar-refractivity contribution in [3.8, 4) is 0 Å². The number of halogens is 1. The minimum absolute atomic E-state index is 0.0131. The topological polar surface area (TPSA) is 41.1 Å². The molecule has 0 aliphatic rings. The van der Waals surface area contributed by atoms with E-state index in [2.05, 4.69) is 10.6 Å². The van der Waals surface area contributed by atoms with Gasteiger partial charge in [0.15, 0.2) is 0 Å². The summed E-state index contributed by atoms with van der Waals surface area (Å²) >= 11 is 5.93. The Bertz CT molecular complexity index is 586. The third-order valence-corrected chi connectivity index (χ3v) is 3.44. The van der Waals surface area contributed by atoms with Gasteiger partial charge < -0.3 is 10.6 Å². The molecule has 0 saturated heterocycles. The zero-order valence-electron chi connectivity index (χ0n) is 12.0. The second kappa shape index (κ2) is 7.81. The van der Waals surface area contributed by atoms with Crippen LogP contribution in [0.25, 0.3) is 0 Å². The monoisotopic (exact) mass is 302 g/mol. The van der Waals surface area contributed by atoms with E-state index in [1.54, 1.807) is 0 Å². The van der Waals surface area contributed by atoms with Crippen LogP contribution in [0.5, 0.6) is 0 Å². The molecule has 0 aliphatic carbocycles. The molecule has 0 bridgehead atoms. The number of amides is 1. The molecule has 0 spiro atoms. The molecule has 0 heterocycles. The lowest BCUT2D eigenvalue weighted by molar-refractivity contribution is -0.122. The maximum atomic E-state index is 12.0. The molecule has 1 amide bonds. The van der Waals surface area contributed by atoms with Crippen LogP contribution in [0.15, 0.2) is 54.6 Å². The van der Waals surface area contributed by atoms with Gasteiger partial charge in [0.25, 0.3) is 0 Å². The molecule has 21 heavy (non-hydrogen) atoms. The smallest absolute Gasteiger partial charge is 0.237 e. The zero-order chi connectivity index (χ0) is 15.1. The number of nitrogens with one attached hydrogen (secondary N) is 2. The van der Waals surface area contributed by atoms with Crippen LogP contribution in [-0.2, 0) is 17.9 Å². The van der Waals surface area contributed by atoms with E-state index < -0.39 is 0 Å². The molecule has 2 aromatic rings. The molecule has 2 rings (SSSR count). The fourth-order valence-electron chi connectivity index (χ4n) is 1.95. The molecule has 0 aliphatic heterocycles. The third-order valence-electron chi connectivity index (χ3n) is 3.20. The highest BCUT2D eigenvalue weighted by atomic mass is 35.5. The summed E-state index contributed by atoms with van der Waals surface area (Å²) in [6, 6.07) is 17.2. The average molecular weight is 303 g/mol. The zero-order valence-corrected chi connectivity index (χ0v) is 12.7. The van der Waals surface area contributed by atoms with E-state index in [0.717, 1.165) is 11.1 Å². The second-order valence-corrected chi connectivity index (χ2v) is 5.37. The molecule has 0 radical (unpaired) electrons. The molecular formula is C17H19ClN2O. The molecule has 1 atom stereocenters. The first-order valence-corrected chi connectivity index (χ1v) is 7.32. The van der Waals surface area contributed by atoms with Crippen molar-refractivity contribution in [2.75, 3.05) is 0 Å². The Labute approximate surface area is 130 Å². The molecule has 0 saturated carbocycles. The predicted molar refractivity (Wildman–Crippen MR) is 86.0 cm³/mol. The van der Waals surface area contributed by atoms with Crippen molar-refractivity contribution in [1.82, 2.24) is 10.6 Å². The van der Waals surface area contributed by atoms with Gasteiger partial charge in [-0.2, -0.15) is 0 Å². The number of hydrogen-bond donors (Lipinski definition) is 2. The first kappa shape index (κ1) is 15.5. The van der Waals surface area contributed by atoms with Crippen molar-refractivity contribution in [2.24, 2.45) is 0 Å². The van der Waals surface area contributed by atoms with Gasteiger partial charge >= 0.3 is 0 Å². The summed E-state index contributed by atoms with van der Waals surface area (Å²) in [5.74, 6) is -0.0131. The molecule has 2 aromatic carbocycles. The maximum absolute atomic E-state index is 12.0. The van der Waals surface area contributed by atoms with Crippen LogP contribution in [0.1, 0.15) is 18.1 Å². The van der Waals surface area contributed by atoms with Crippen LogP contribution >= 0.6 is 11.6 Å². The summed E-state index contributed by atoms with van der Waals surface area (Å²) in [5, 5.41) is 6.81. The van der Waals surface area contributed by atoms with Gasteiger partial charge in [-0.25, -0.2) is 0 Å². The van der Waals surface area contributed by atoms with Crippen molar-refractivity contribution in [1.29, 1.82) is 0 Å². The largest absolute Gasteiger partial charge is 0.351 e.